The Kier molecular flexibility index (Phi) is 5.91. The fourth-order valence-corrected chi connectivity index (χ4v) is 3.63. The largest absolute Gasteiger partial charge is 0.367 e. The number of carbonyl (C=O) groups excluding carboxylic acids is 1. The number of ether oxygens (including phenoxy) is 1. The van der Waals surface area contributed by atoms with Crippen LogP contribution < -0.4 is 5.32 Å². The van der Waals surface area contributed by atoms with Crippen molar-refractivity contribution in [3.8, 4) is 5.69 Å². The lowest BCUT2D eigenvalue weighted by molar-refractivity contribution is -0.0656. The molecule has 3 aromatic rings. The third-order valence-corrected chi connectivity index (χ3v) is 5.11. The van der Waals surface area contributed by atoms with Crippen LogP contribution in [0.2, 0.25) is 0 Å². The van der Waals surface area contributed by atoms with Crippen molar-refractivity contribution in [3.05, 3.63) is 84.2 Å². The highest BCUT2D eigenvalue weighted by Crippen LogP contribution is 2.25. The molecule has 0 saturated carbocycles. The van der Waals surface area contributed by atoms with Crippen LogP contribution in [0.15, 0.2) is 73.1 Å². The number of amides is 2. The minimum Gasteiger partial charge on any atom is -0.367 e. The van der Waals surface area contributed by atoms with Gasteiger partial charge in [-0.15, -0.1) is 0 Å². The smallest absolute Gasteiger partial charge is 0.317 e. The van der Waals surface area contributed by atoms with Crippen LogP contribution in [0.25, 0.3) is 5.69 Å². The number of nitrogens with one attached hydrogen (secondary N) is 1. The topological polar surface area (TPSA) is 59.4 Å². The van der Waals surface area contributed by atoms with Gasteiger partial charge < -0.3 is 15.0 Å². The lowest BCUT2D eigenvalue weighted by atomic mass is 10.1. The van der Waals surface area contributed by atoms with Crippen molar-refractivity contribution in [2.45, 2.75) is 25.6 Å². The van der Waals surface area contributed by atoms with Crippen LogP contribution in [-0.4, -0.2) is 46.4 Å². The van der Waals surface area contributed by atoms with E-state index in [4.69, 9.17) is 4.74 Å². The Labute approximate surface area is 171 Å². The average Bonchev–Trinajstić information content (AvgIpc) is 3.29. The van der Waals surface area contributed by atoms with E-state index in [9.17, 15) is 4.79 Å². The van der Waals surface area contributed by atoms with Gasteiger partial charge in [0.1, 0.15) is 6.10 Å². The van der Waals surface area contributed by atoms with Gasteiger partial charge in [-0.3, -0.25) is 0 Å². The predicted octanol–water partition coefficient (Wildman–Crippen LogP) is 3.59. The third kappa shape index (κ3) is 4.84. The van der Waals surface area contributed by atoms with Gasteiger partial charge in [-0.25, -0.2) is 9.48 Å². The van der Waals surface area contributed by atoms with Crippen LogP contribution in [0.4, 0.5) is 4.79 Å². The molecule has 1 aromatic heterocycles. The van der Waals surface area contributed by atoms with Crippen molar-refractivity contribution in [3.63, 3.8) is 0 Å². The molecule has 150 valence electrons. The van der Waals surface area contributed by atoms with Gasteiger partial charge in [-0.1, -0.05) is 42.5 Å². The second kappa shape index (κ2) is 8.92. The molecule has 0 bridgehead atoms. The first-order chi connectivity index (χ1) is 14.2. The van der Waals surface area contributed by atoms with E-state index in [1.807, 2.05) is 71.2 Å². The van der Waals surface area contributed by atoms with E-state index in [-0.39, 0.29) is 18.2 Å². The average molecular weight is 390 g/mol. The molecular weight excluding hydrogens is 364 g/mol. The van der Waals surface area contributed by atoms with Gasteiger partial charge in [0.2, 0.25) is 0 Å². The summed E-state index contributed by atoms with van der Waals surface area (Å²) in [6, 6.07) is 20.2. The lowest BCUT2D eigenvalue weighted by Gasteiger charge is -2.37. The highest BCUT2D eigenvalue weighted by molar-refractivity contribution is 5.74. The Bertz CT molecular complexity index is 910. The Morgan fingerprint density at radius 1 is 1.10 bits per heavy atom. The standard InChI is InChI=1S/C23H26N4O2/c1-18-16-26(17-22(29-18)20-6-3-2-4-7-20)23(28)24-14-12-19-8-10-21(11-9-19)27-15-5-13-25-27/h2-11,13,15,18,22H,12,14,16-17H2,1H3,(H,24,28). The number of morpholine rings is 1. The number of carbonyl (C=O) groups is 1. The third-order valence-electron chi connectivity index (χ3n) is 5.11. The molecule has 2 amide bonds. The van der Waals surface area contributed by atoms with E-state index < -0.39 is 0 Å². The van der Waals surface area contributed by atoms with E-state index in [2.05, 4.69) is 22.5 Å². The molecule has 0 aliphatic carbocycles. The Morgan fingerprint density at radius 2 is 1.90 bits per heavy atom. The quantitative estimate of drug-likeness (QED) is 0.724. The summed E-state index contributed by atoms with van der Waals surface area (Å²) in [6.07, 6.45) is 4.39. The molecule has 2 aromatic carbocycles. The highest BCUT2D eigenvalue weighted by atomic mass is 16.5. The first kappa shape index (κ1) is 19.2. The van der Waals surface area contributed by atoms with E-state index in [0.29, 0.717) is 19.6 Å². The van der Waals surface area contributed by atoms with Crippen LogP contribution >= 0.6 is 0 Å². The summed E-state index contributed by atoms with van der Waals surface area (Å²) < 4.78 is 7.87. The van der Waals surface area contributed by atoms with Gasteiger partial charge in [0.05, 0.1) is 18.3 Å². The van der Waals surface area contributed by atoms with Gasteiger partial charge >= 0.3 is 6.03 Å². The Hall–Kier alpha value is -3.12. The van der Waals surface area contributed by atoms with Crippen LogP contribution in [-0.2, 0) is 11.2 Å². The number of hydrogen-bond donors (Lipinski definition) is 1. The van der Waals surface area contributed by atoms with E-state index in [0.717, 1.165) is 17.7 Å². The maximum atomic E-state index is 12.7. The summed E-state index contributed by atoms with van der Waals surface area (Å²) in [5.74, 6) is 0. The summed E-state index contributed by atoms with van der Waals surface area (Å²) in [5.41, 5.74) is 3.31. The van der Waals surface area contributed by atoms with Crippen molar-refractivity contribution in [1.82, 2.24) is 20.0 Å². The highest BCUT2D eigenvalue weighted by Gasteiger charge is 2.29. The van der Waals surface area contributed by atoms with Crippen molar-refractivity contribution < 1.29 is 9.53 Å². The molecule has 2 unspecified atom stereocenters. The zero-order chi connectivity index (χ0) is 20.1. The summed E-state index contributed by atoms with van der Waals surface area (Å²) >= 11 is 0. The monoisotopic (exact) mass is 390 g/mol. The fourth-order valence-electron chi connectivity index (χ4n) is 3.63. The zero-order valence-corrected chi connectivity index (χ0v) is 16.6. The SMILES string of the molecule is CC1CN(C(=O)NCCc2ccc(-n3cccn3)cc2)CC(c2ccccc2)O1. The van der Waals surface area contributed by atoms with E-state index in [1.54, 1.807) is 6.20 Å². The summed E-state index contributed by atoms with van der Waals surface area (Å²) in [4.78, 5) is 14.5. The molecule has 0 spiro atoms. The van der Waals surface area contributed by atoms with Gasteiger partial charge in [0, 0.05) is 25.5 Å². The second-order valence-electron chi connectivity index (χ2n) is 7.35. The minimum atomic E-state index is -0.0828. The first-order valence-corrected chi connectivity index (χ1v) is 10.0. The number of aromatic nitrogens is 2. The van der Waals surface area contributed by atoms with Crippen LogP contribution in [0.5, 0.6) is 0 Å². The van der Waals surface area contributed by atoms with Crippen molar-refractivity contribution in [2.75, 3.05) is 19.6 Å². The Morgan fingerprint density at radius 3 is 2.62 bits per heavy atom. The van der Waals surface area contributed by atoms with Crippen LogP contribution in [0.1, 0.15) is 24.2 Å². The van der Waals surface area contributed by atoms with Gasteiger partial charge in [-0.05, 0) is 42.7 Å². The summed E-state index contributed by atoms with van der Waals surface area (Å²) in [6.45, 7) is 3.78. The molecule has 6 nitrogen and oxygen atoms in total. The molecule has 1 aliphatic rings. The first-order valence-electron chi connectivity index (χ1n) is 10.0. The van der Waals surface area contributed by atoms with Gasteiger partial charge in [0.25, 0.3) is 0 Å². The van der Waals surface area contributed by atoms with E-state index >= 15 is 0 Å². The number of nitrogens with zero attached hydrogens (tertiary/aromatic N) is 3. The molecule has 1 fully saturated rings. The number of benzene rings is 2. The van der Waals surface area contributed by atoms with Gasteiger partial charge in [0.15, 0.2) is 0 Å². The molecule has 0 radical (unpaired) electrons. The van der Waals surface area contributed by atoms with E-state index in [1.165, 1.54) is 5.56 Å². The molecule has 2 heterocycles. The lowest BCUT2D eigenvalue weighted by Crippen LogP contribution is -2.50. The fraction of sp³-hybridized carbons (Fsp3) is 0.304. The van der Waals surface area contributed by atoms with Gasteiger partial charge in [-0.2, -0.15) is 5.10 Å². The normalized spacial score (nSPS) is 19.1. The molecule has 2 atom stereocenters. The predicted molar refractivity (Wildman–Crippen MR) is 112 cm³/mol. The molecule has 29 heavy (non-hydrogen) atoms. The molecule has 1 N–H and O–H groups in total. The molecule has 6 heteroatoms. The van der Waals surface area contributed by atoms with Crippen molar-refractivity contribution in [2.24, 2.45) is 0 Å². The maximum Gasteiger partial charge on any atom is 0.317 e. The molecular formula is C23H26N4O2. The number of hydrogen-bond acceptors (Lipinski definition) is 3. The summed E-state index contributed by atoms with van der Waals surface area (Å²) in [7, 11) is 0. The Balaban J connectivity index is 1.29. The maximum absolute atomic E-state index is 12.7. The van der Waals surface area contributed by atoms with Crippen LogP contribution in [0, 0.1) is 0 Å². The molecule has 1 aliphatic heterocycles. The minimum absolute atomic E-state index is 0.00884. The number of urea groups is 1. The molecule has 1 saturated heterocycles. The zero-order valence-electron chi connectivity index (χ0n) is 16.6. The second-order valence-corrected chi connectivity index (χ2v) is 7.35. The molecule has 4 rings (SSSR count). The summed E-state index contributed by atoms with van der Waals surface area (Å²) in [5, 5.41) is 7.28. The van der Waals surface area contributed by atoms with Crippen molar-refractivity contribution >= 4 is 6.03 Å². The van der Waals surface area contributed by atoms with Crippen molar-refractivity contribution in [1.29, 1.82) is 0 Å². The van der Waals surface area contributed by atoms with Crippen LogP contribution in [0.3, 0.4) is 0 Å². The number of rotatable bonds is 5.